The molecule has 2 N–H and O–H groups in total. The summed E-state index contributed by atoms with van der Waals surface area (Å²) < 4.78 is 27.5. The molecule has 0 aromatic carbocycles. The van der Waals surface area contributed by atoms with Crippen molar-refractivity contribution in [3.63, 3.8) is 0 Å². The maximum atomic E-state index is 13.0. The van der Waals surface area contributed by atoms with Crippen LogP contribution in [0.4, 0.5) is 0 Å². The summed E-state index contributed by atoms with van der Waals surface area (Å²) in [6.45, 7) is 4.85. The number of nitrogens with zero attached hydrogens (tertiary/aromatic N) is 2. The molecule has 6 heteroatoms. The molecule has 1 heterocycles. The van der Waals surface area contributed by atoms with Crippen LogP contribution in [0.15, 0.2) is 29.4 Å². The van der Waals surface area contributed by atoms with Crippen molar-refractivity contribution in [3.05, 3.63) is 24.5 Å². The molecular formula is C15H25N3O2S. The van der Waals surface area contributed by atoms with Crippen LogP contribution in [0.3, 0.4) is 0 Å². The summed E-state index contributed by atoms with van der Waals surface area (Å²) in [6.07, 6.45) is 6.83. The Bertz CT molecular complexity index is 562. The third-order valence-electron chi connectivity index (χ3n) is 4.49. The molecule has 1 fully saturated rings. The van der Waals surface area contributed by atoms with Crippen molar-refractivity contribution in [2.45, 2.75) is 50.0 Å². The number of aromatic nitrogens is 1. The Morgan fingerprint density at radius 1 is 1.52 bits per heavy atom. The average Bonchev–Trinajstić information content (AvgIpc) is 2.48. The van der Waals surface area contributed by atoms with E-state index in [2.05, 4.69) is 11.9 Å². The Balaban J connectivity index is 2.42. The maximum absolute atomic E-state index is 13.0. The van der Waals surface area contributed by atoms with E-state index in [1.54, 1.807) is 22.6 Å². The molecular weight excluding hydrogens is 286 g/mol. The molecule has 21 heavy (non-hydrogen) atoms. The van der Waals surface area contributed by atoms with Gasteiger partial charge in [0, 0.05) is 31.0 Å². The number of pyridine rings is 1. The van der Waals surface area contributed by atoms with Crippen LogP contribution in [-0.4, -0.2) is 36.3 Å². The predicted octanol–water partition coefficient (Wildman–Crippen LogP) is 2.00. The molecule has 118 valence electrons. The lowest BCUT2D eigenvalue weighted by atomic mass is 9.76. The monoisotopic (exact) mass is 311 g/mol. The van der Waals surface area contributed by atoms with Gasteiger partial charge in [-0.1, -0.05) is 26.7 Å². The number of rotatable bonds is 5. The molecule has 1 aromatic rings. The number of likely N-dealkylation sites (N-methyl/N-ethyl adjacent to an activating group) is 1. The summed E-state index contributed by atoms with van der Waals surface area (Å²) in [5.74, 6) is 0.500. The van der Waals surface area contributed by atoms with E-state index in [1.807, 2.05) is 6.92 Å². The van der Waals surface area contributed by atoms with Crippen molar-refractivity contribution in [2.24, 2.45) is 11.7 Å². The molecule has 0 saturated heterocycles. The van der Waals surface area contributed by atoms with Gasteiger partial charge >= 0.3 is 0 Å². The second-order valence-electron chi connectivity index (χ2n) is 5.99. The van der Waals surface area contributed by atoms with Crippen molar-refractivity contribution in [1.82, 2.24) is 9.29 Å². The van der Waals surface area contributed by atoms with Crippen molar-refractivity contribution >= 4 is 10.0 Å². The molecule has 5 nitrogen and oxygen atoms in total. The van der Waals surface area contributed by atoms with E-state index in [-0.39, 0.29) is 4.90 Å². The van der Waals surface area contributed by atoms with Crippen LogP contribution in [0.5, 0.6) is 0 Å². The lowest BCUT2D eigenvalue weighted by Crippen LogP contribution is -2.58. The van der Waals surface area contributed by atoms with Crippen LogP contribution in [0, 0.1) is 5.92 Å². The Hall–Kier alpha value is -0.980. The first-order valence-electron chi connectivity index (χ1n) is 7.59. The second-order valence-corrected chi connectivity index (χ2v) is 7.85. The molecule has 1 aromatic heterocycles. The van der Waals surface area contributed by atoms with Crippen molar-refractivity contribution < 1.29 is 8.42 Å². The molecule has 1 saturated carbocycles. The Morgan fingerprint density at radius 3 is 2.81 bits per heavy atom. The van der Waals surface area contributed by atoms with Crippen LogP contribution in [0.2, 0.25) is 0 Å². The fraction of sp³-hybridized carbons (Fsp3) is 0.667. The van der Waals surface area contributed by atoms with E-state index in [4.69, 9.17) is 5.73 Å². The van der Waals surface area contributed by atoms with E-state index >= 15 is 0 Å². The fourth-order valence-corrected chi connectivity index (χ4v) is 5.32. The minimum atomic E-state index is -3.55. The van der Waals surface area contributed by atoms with Crippen LogP contribution in [-0.2, 0) is 10.0 Å². The summed E-state index contributed by atoms with van der Waals surface area (Å²) in [6, 6.07) is 3.25. The summed E-state index contributed by atoms with van der Waals surface area (Å²) in [5.41, 5.74) is 5.57. The standard InChI is InChI=1S/C15H25N3O2S/c1-3-18(15(12-16)8-4-6-13(2)10-15)21(19,20)14-7-5-9-17-11-14/h5,7,9,11,13H,3-4,6,8,10,12,16H2,1-2H3. The van der Waals surface area contributed by atoms with Gasteiger partial charge in [0.25, 0.3) is 0 Å². The Labute approximate surface area is 127 Å². The molecule has 0 radical (unpaired) electrons. The zero-order valence-electron chi connectivity index (χ0n) is 12.8. The predicted molar refractivity (Wildman–Crippen MR) is 83.2 cm³/mol. The number of hydrogen-bond acceptors (Lipinski definition) is 4. The van der Waals surface area contributed by atoms with Gasteiger partial charge in [0.1, 0.15) is 4.90 Å². The van der Waals surface area contributed by atoms with E-state index < -0.39 is 15.6 Å². The molecule has 1 aliphatic carbocycles. The molecule has 2 rings (SSSR count). The molecule has 0 spiro atoms. The zero-order valence-corrected chi connectivity index (χ0v) is 13.6. The topological polar surface area (TPSA) is 76.3 Å². The highest BCUT2D eigenvalue weighted by molar-refractivity contribution is 7.89. The molecule has 2 atom stereocenters. The van der Waals surface area contributed by atoms with Gasteiger partial charge < -0.3 is 5.73 Å². The fourth-order valence-electron chi connectivity index (χ4n) is 3.53. The highest BCUT2D eigenvalue weighted by atomic mass is 32.2. The Morgan fingerprint density at radius 2 is 2.29 bits per heavy atom. The first-order valence-corrected chi connectivity index (χ1v) is 9.03. The zero-order chi connectivity index (χ0) is 15.5. The molecule has 0 aliphatic heterocycles. The number of sulfonamides is 1. The maximum Gasteiger partial charge on any atom is 0.245 e. The normalized spacial score (nSPS) is 27.0. The number of hydrogen-bond donors (Lipinski definition) is 1. The van der Waals surface area contributed by atoms with E-state index in [0.717, 1.165) is 25.7 Å². The van der Waals surface area contributed by atoms with Gasteiger partial charge in [-0.2, -0.15) is 4.31 Å². The van der Waals surface area contributed by atoms with Crippen LogP contribution >= 0.6 is 0 Å². The van der Waals surface area contributed by atoms with Gasteiger partial charge in [-0.05, 0) is 30.9 Å². The summed E-state index contributed by atoms with van der Waals surface area (Å²) in [7, 11) is -3.55. The van der Waals surface area contributed by atoms with Gasteiger partial charge in [-0.15, -0.1) is 0 Å². The average molecular weight is 311 g/mol. The minimum absolute atomic E-state index is 0.248. The molecule has 1 aliphatic rings. The summed E-state index contributed by atoms with van der Waals surface area (Å²) >= 11 is 0. The molecule has 0 amide bonds. The third kappa shape index (κ3) is 3.12. The highest BCUT2D eigenvalue weighted by Crippen LogP contribution is 2.38. The van der Waals surface area contributed by atoms with Gasteiger partial charge in [-0.25, -0.2) is 8.42 Å². The van der Waals surface area contributed by atoms with Gasteiger partial charge in [-0.3, -0.25) is 4.98 Å². The first-order chi connectivity index (χ1) is 9.96. The van der Waals surface area contributed by atoms with E-state index in [1.165, 1.54) is 6.20 Å². The minimum Gasteiger partial charge on any atom is -0.329 e. The van der Waals surface area contributed by atoms with E-state index in [0.29, 0.717) is 19.0 Å². The van der Waals surface area contributed by atoms with Crippen LogP contribution in [0.25, 0.3) is 0 Å². The van der Waals surface area contributed by atoms with Gasteiger partial charge in [0.2, 0.25) is 10.0 Å². The summed E-state index contributed by atoms with van der Waals surface area (Å²) in [5, 5.41) is 0. The quantitative estimate of drug-likeness (QED) is 0.902. The van der Waals surface area contributed by atoms with Crippen LogP contribution < -0.4 is 5.73 Å². The smallest absolute Gasteiger partial charge is 0.245 e. The first kappa shape index (κ1) is 16.4. The van der Waals surface area contributed by atoms with Crippen LogP contribution in [0.1, 0.15) is 39.5 Å². The SMILES string of the molecule is CCN(C1(CN)CCCC(C)C1)S(=O)(=O)c1cccnc1. The van der Waals surface area contributed by atoms with Crippen molar-refractivity contribution in [1.29, 1.82) is 0 Å². The largest absolute Gasteiger partial charge is 0.329 e. The summed E-state index contributed by atoms with van der Waals surface area (Å²) in [4.78, 5) is 4.19. The van der Waals surface area contributed by atoms with E-state index in [9.17, 15) is 8.42 Å². The lowest BCUT2D eigenvalue weighted by Gasteiger charge is -2.46. The number of nitrogens with two attached hydrogens (primary N) is 1. The van der Waals surface area contributed by atoms with Crippen molar-refractivity contribution in [2.75, 3.05) is 13.1 Å². The van der Waals surface area contributed by atoms with Gasteiger partial charge in [0.05, 0.1) is 0 Å². The Kier molecular flexibility index (Phi) is 5.01. The third-order valence-corrected chi connectivity index (χ3v) is 6.55. The molecule has 0 bridgehead atoms. The molecule has 2 unspecified atom stereocenters. The highest BCUT2D eigenvalue weighted by Gasteiger charge is 2.44. The van der Waals surface area contributed by atoms with Crippen molar-refractivity contribution in [3.8, 4) is 0 Å². The lowest BCUT2D eigenvalue weighted by molar-refractivity contribution is 0.112. The second kappa shape index (κ2) is 6.42. The van der Waals surface area contributed by atoms with Gasteiger partial charge in [0.15, 0.2) is 0 Å².